The van der Waals surface area contributed by atoms with Crippen LogP contribution in [0, 0.1) is 6.92 Å². The van der Waals surface area contributed by atoms with Gasteiger partial charge in [-0.1, -0.05) is 17.4 Å². The van der Waals surface area contributed by atoms with E-state index in [-0.39, 0.29) is 29.6 Å². The molecule has 0 saturated carbocycles. The summed E-state index contributed by atoms with van der Waals surface area (Å²) in [7, 11) is -2.61. The minimum atomic E-state index is -4.86. The fourth-order valence-corrected chi connectivity index (χ4v) is 4.34. The highest BCUT2D eigenvalue weighted by Crippen LogP contribution is 2.39. The first kappa shape index (κ1) is 23.6. The van der Waals surface area contributed by atoms with Gasteiger partial charge in [0.05, 0.1) is 21.0 Å². The van der Waals surface area contributed by atoms with Crippen molar-refractivity contribution in [2.45, 2.75) is 24.4 Å². The number of thiazole rings is 1. The highest BCUT2D eigenvalue weighted by molar-refractivity contribution is 7.90. The molecule has 1 aromatic heterocycles. The molecule has 30 heavy (non-hydrogen) atoms. The largest absolute Gasteiger partial charge is 0.417 e. The lowest BCUT2D eigenvalue weighted by Gasteiger charge is -2.13. The van der Waals surface area contributed by atoms with E-state index in [0.717, 1.165) is 23.5 Å². The SMILES string of the molecule is CNC(=O)CCNC(=O)Nc1nc(C)c(-c2ccc(S(C)(=O)=O)c(C(F)(F)F)c2)s1. The molecule has 8 nitrogen and oxygen atoms in total. The first-order chi connectivity index (χ1) is 13.8. The Morgan fingerprint density at radius 2 is 1.90 bits per heavy atom. The molecule has 2 aromatic rings. The predicted molar refractivity (Wildman–Crippen MR) is 106 cm³/mol. The Hall–Kier alpha value is -2.67. The number of carbonyl (C=O) groups excluding carboxylic acids is 2. The number of aromatic nitrogens is 1. The Morgan fingerprint density at radius 1 is 1.23 bits per heavy atom. The van der Waals surface area contributed by atoms with E-state index in [2.05, 4.69) is 20.9 Å². The zero-order valence-electron chi connectivity index (χ0n) is 16.2. The van der Waals surface area contributed by atoms with Crippen LogP contribution >= 0.6 is 11.3 Å². The molecule has 0 aliphatic heterocycles. The van der Waals surface area contributed by atoms with E-state index in [0.29, 0.717) is 16.8 Å². The molecule has 1 heterocycles. The van der Waals surface area contributed by atoms with Gasteiger partial charge in [0, 0.05) is 26.3 Å². The van der Waals surface area contributed by atoms with Gasteiger partial charge in [0.2, 0.25) is 5.91 Å². The number of urea groups is 1. The molecule has 0 spiro atoms. The van der Waals surface area contributed by atoms with Crippen LogP contribution in [0.15, 0.2) is 23.1 Å². The summed E-state index contributed by atoms with van der Waals surface area (Å²) < 4.78 is 63.5. The number of rotatable bonds is 6. The summed E-state index contributed by atoms with van der Waals surface area (Å²) in [4.78, 5) is 26.7. The Balaban J connectivity index is 2.26. The van der Waals surface area contributed by atoms with E-state index in [9.17, 15) is 31.2 Å². The number of sulfone groups is 1. The third kappa shape index (κ3) is 5.92. The standard InChI is InChI=1S/C17H19F3N4O4S2/c1-9-14(29-16(23-9)24-15(26)22-7-6-13(25)21-2)10-4-5-12(30(3,27)28)11(8-10)17(18,19)20/h4-5,8H,6-7H2,1-3H3,(H,21,25)(H2,22,23,24,26). The van der Waals surface area contributed by atoms with Crippen molar-refractivity contribution in [2.75, 3.05) is 25.2 Å². The Bertz CT molecular complexity index is 1070. The van der Waals surface area contributed by atoms with Gasteiger partial charge in [0.1, 0.15) is 0 Å². The molecule has 13 heteroatoms. The van der Waals surface area contributed by atoms with Crippen molar-refractivity contribution in [3.63, 3.8) is 0 Å². The van der Waals surface area contributed by atoms with Crippen LogP contribution in [0.25, 0.3) is 10.4 Å². The molecule has 3 N–H and O–H groups in total. The van der Waals surface area contributed by atoms with Gasteiger partial charge in [0.15, 0.2) is 15.0 Å². The first-order valence-electron chi connectivity index (χ1n) is 8.47. The van der Waals surface area contributed by atoms with Crippen molar-refractivity contribution in [1.82, 2.24) is 15.6 Å². The second-order valence-electron chi connectivity index (χ2n) is 6.22. The minimum Gasteiger partial charge on any atom is -0.359 e. The zero-order valence-corrected chi connectivity index (χ0v) is 17.8. The van der Waals surface area contributed by atoms with E-state index in [1.165, 1.54) is 13.1 Å². The fourth-order valence-electron chi connectivity index (χ4n) is 2.49. The van der Waals surface area contributed by atoms with E-state index in [4.69, 9.17) is 0 Å². The summed E-state index contributed by atoms with van der Waals surface area (Å²) in [5.41, 5.74) is -0.782. The van der Waals surface area contributed by atoms with Crippen LogP contribution < -0.4 is 16.0 Å². The van der Waals surface area contributed by atoms with Crippen LogP contribution in [-0.2, 0) is 20.8 Å². The maximum Gasteiger partial charge on any atom is 0.417 e. The second kappa shape index (κ2) is 9.00. The van der Waals surface area contributed by atoms with Crippen LogP contribution in [0.5, 0.6) is 0 Å². The fraction of sp³-hybridized carbons (Fsp3) is 0.353. The molecule has 0 aliphatic rings. The number of benzene rings is 1. The van der Waals surface area contributed by atoms with Crippen molar-refractivity contribution < 1.29 is 31.2 Å². The molecule has 0 fully saturated rings. The number of hydrogen-bond acceptors (Lipinski definition) is 6. The average molecular weight is 464 g/mol. The third-order valence-corrected chi connectivity index (χ3v) is 6.16. The van der Waals surface area contributed by atoms with Crippen molar-refractivity contribution in [3.05, 3.63) is 29.5 Å². The van der Waals surface area contributed by atoms with E-state index in [1.807, 2.05) is 0 Å². The van der Waals surface area contributed by atoms with Gasteiger partial charge in [-0.15, -0.1) is 0 Å². The van der Waals surface area contributed by atoms with Crippen molar-refractivity contribution in [3.8, 4) is 10.4 Å². The lowest BCUT2D eigenvalue weighted by atomic mass is 10.1. The summed E-state index contributed by atoms with van der Waals surface area (Å²) in [5.74, 6) is -0.249. The highest BCUT2D eigenvalue weighted by Gasteiger charge is 2.36. The molecule has 3 amide bonds. The predicted octanol–water partition coefficient (Wildman–Crippen LogP) is 2.80. The molecule has 1 aromatic carbocycles. The van der Waals surface area contributed by atoms with Crippen LogP contribution in [0.4, 0.5) is 23.1 Å². The average Bonchev–Trinajstić information content (AvgIpc) is 2.99. The van der Waals surface area contributed by atoms with Gasteiger partial charge in [-0.25, -0.2) is 18.2 Å². The third-order valence-electron chi connectivity index (χ3n) is 3.88. The first-order valence-corrected chi connectivity index (χ1v) is 11.2. The maximum atomic E-state index is 13.4. The summed E-state index contributed by atoms with van der Waals surface area (Å²) in [6, 6.07) is 2.30. The molecule has 0 atom stereocenters. The topological polar surface area (TPSA) is 117 Å². The smallest absolute Gasteiger partial charge is 0.359 e. The van der Waals surface area contributed by atoms with Crippen LogP contribution in [0.3, 0.4) is 0 Å². The Labute approximate surface area is 174 Å². The van der Waals surface area contributed by atoms with Crippen LogP contribution in [0.2, 0.25) is 0 Å². The molecule has 164 valence electrons. The van der Waals surface area contributed by atoms with Crippen molar-refractivity contribution in [1.29, 1.82) is 0 Å². The van der Waals surface area contributed by atoms with Gasteiger partial charge < -0.3 is 10.6 Å². The monoisotopic (exact) mass is 464 g/mol. The molecular formula is C17H19F3N4O4S2. The van der Waals surface area contributed by atoms with E-state index >= 15 is 0 Å². The van der Waals surface area contributed by atoms with Crippen molar-refractivity contribution in [2.24, 2.45) is 0 Å². The molecule has 0 unspecified atom stereocenters. The second-order valence-corrected chi connectivity index (χ2v) is 9.20. The highest BCUT2D eigenvalue weighted by atomic mass is 32.2. The number of amides is 3. The molecule has 0 radical (unpaired) electrons. The summed E-state index contributed by atoms with van der Waals surface area (Å²) in [6.07, 6.45) is -4.07. The number of nitrogens with one attached hydrogen (secondary N) is 3. The summed E-state index contributed by atoms with van der Waals surface area (Å²) >= 11 is 0.939. The molecule has 2 rings (SSSR count). The summed E-state index contributed by atoms with van der Waals surface area (Å²) in [6.45, 7) is 1.64. The zero-order chi connectivity index (χ0) is 22.7. The Kier molecular flexibility index (Phi) is 7.08. The quantitative estimate of drug-likeness (QED) is 0.608. The number of nitrogens with zero attached hydrogens (tertiary/aromatic N) is 1. The number of carbonyl (C=O) groups is 2. The van der Waals surface area contributed by atoms with E-state index in [1.54, 1.807) is 6.92 Å². The van der Waals surface area contributed by atoms with Crippen LogP contribution in [-0.4, -0.2) is 45.2 Å². The number of aryl methyl sites for hydroxylation is 1. The molecular weight excluding hydrogens is 445 g/mol. The van der Waals surface area contributed by atoms with Crippen LogP contribution in [0.1, 0.15) is 17.7 Å². The number of alkyl halides is 3. The Morgan fingerprint density at radius 3 is 2.47 bits per heavy atom. The van der Waals surface area contributed by atoms with Gasteiger partial charge in [-0.05, 0) is 24.6 Å². The van der Waals surface area contributed by atoms with E-state index < -0.39 is 32.5 Å². The summed E-state index contributed by atoms with van der Waals surface area (Å²) in [5, 5.41) is 7.46. The normalized spacial score (nSPS) is 11.8. The molecule has 0 saturated heterocycles. The van der Waals surface area contributed by atoms with Gasteiger partial charge in [0.25, 0.3) is 0 Å². The number of anilines is 1. The lowest BCUT2D eigenvalue weighted by Crippen LogP contribution is -2.32. The number of hydrogen-bond donors (Lipinski definition) is 3. The van der Waals surface area contributed by atoms with Crippen molar-refractivity contribution >= 4 is 38.2 Å². The molecule has 0 aliphatic carbocycles. The lowest BCUT2D eigenvalue weighted by molar-refractivity contribution is -0.139. The number of halogens is 3. The maximum absolute atomic E-state index is 13.4. The minimum absolute atomic E-state index is 0.0823. The van der Waals surface area contributed by atoms with Gasteiger partial charge in [-0.2, -0.15) is 13.2 Å². The van der Waals surface area contributed by atoms with Gasteiger partial charge >= 0.3 is 12.2 Å². The van der Waals surface area contributed by atoms with Gasteiger partial charge in [-0.3, -0.25) is 10.1 Å². The molecule has 0 bridgehead atoms.